The van der Waals surface area contributed by atoms with Crippen LogP contribution in [0, 0.1) is 0 Å². The molecular formula is C25H19F6N3O4. The molecule has 0 bridgehead atoms. The Balaban J connectivity index is 1.46. The number of pyridine rings is 1. The molecule has 7 nitrogen and oxygen atoms in total. The summed E-state index contributed by atoms with van der Waals surface area (Å²) < 4.78 is 82.5. The fraction of sp³-hybridized carbons (Fsp3) is 0.240. The molecule has 4 rings (SSSR count). The van der Waals surface area contributed by atoms with E-state index < -0.39 is 42.8 Å². The van der Waals surface area contributed by atoms with Gasteiger partial charge in [0.15, 0.2) is 6.61 Å². The number of nitrogens with zero attached hydrogens (tertiary/aromatic N) is 2. The van der Waals surface area contributed by atoms with Gasteiger partial charge in [-0.2, -0.15) is 13.2 Å². The third kappa shape index (κ3) is 6.72. The molecule has 200 valence electrons. The maximum Gasteiger partial charge on any atom is 0.573 e. The number of ether oxygens (including phenoxy) is 2. The largest absolute Gasteiger partial charge is 0.573 e. The van der Waals surface area contributed by atoms with Crippen molar-refractivity contribution in [2.45, 2.75) is 31.7 Å². The number of aromatic nitrogens is 1. The average Bonchev–Trinajstić information content (AvgIpc) is 3.13. The molecule has 1 unspecified atom stereocenters. The average molecular weight is 539 g/mol. The quantitative estimate of drug-likeness (QED) is 0.411. The van der Waals surface area contributed by atoms with Crippen LogP contribution in [0.25, 0.3) is 0 Å². The van der Waals surface area contributed by atoms with Gasteiger partial charge in [-0.05, 0) is 34.9 Å². The van der Waals surface area contributed by atoms with Gasteiger partial charge in [0.2, 0.25) is 11.8 Å². The van der Waals surface area contributed by atoms with Crippen LogP contribution < -0.4 is 14.8 Å². The first kappa shape index (κ1) is 26.8. The van der Waals surface area contributed by atoms with E-state index in [-0.39, 0.29) is 19.0 Å². The summed E-state index contributed by atoms with van der Waals surface area (Å²) in [4.78, 5) is 31.4. The second kappa shape index (κ2) is 10.6. The van der Waals surface area contributed by atoms with Gasteiger partial charge in [0.1, 0.15) is 11.8 Å². The normalized spacial score (nSPS) is 15.3. The zero-order chi connectivity index (χ0) is 27.5. The van der Waals surface area contributed by atoms with Crippen molar-refractivity contribution in [3.63, 3.8) is 0 Å². The summed E-state index contributed by atoms with van der Waals surface area (Å²) in [5.74, 6) is -1.61. The Kier molecular flexibility index (Phi) is 7.46. The fourth-order valence-corrected chi connectivity index (χ4v) is 3.85. The number of fused-ring (bicyclic) bond motifs is 1. The van der Waals surface area contributed by atoms with Crippen molar-refractivity contribution in [2.75, 3.05) is 6.61 Å². The van der Waals surface area contributed by atoms with Gasteiger partial charge in [0, 0.05) is 30.9 Å². The van der Waals surface area contributed by atoms with E-state index in [0.717, 1.165) is 12.1 Å². The number of rotatable bonds is 8. The molecule has 1 atom stereocenters. The molecular weight excluding hydrogens is 520 g/mol. The molecule has 1 N–H and O–H groups in total. The van der Waals surface area contributed by atoms with Crippen molar-refractivity contribution < 1.29 is 45.4 Å². The van der Waals surface area contributed by atoms with Crippen LogP contribution in [-0.2, 0) is 17.9 Å². The van der Waals surface area contributed by atoms with E-state index in [4.69, 9.17) is 0 Å². The number of carbonyl (C=O) groups excluding carboxylic acids is 2. The van der Waals surface area contributed by atoms with Crippen LogP contribution in [0.5, 0.6) is 11.6 Å². The van der Waals surface area contributed by atoms with Crippen LogP contribution in [0.4, 0.5) is 26.3 Å². The minimum Gasteiger partial charge on any atom is -0.468 e. The lowest BCUT2D eigenvalue weighted by atomic mass is 10.0. The number of benzene rings is 2. The highest BCUT2D eigenvalue weighted by Gasteiger charge is 2.40. The predicted octanol–water partition coefficient (Wildman–Crippen LogP) is 4.93. The number of hydrogen-bond acceptors (Lipinski definition) is 5. The van der Waals surface area contributed by atoms with Crippen molar-refractivity contribution >= 4 is 11.8 Å². The lowest BCUT2D eigenvalue weighted by Gasteiger charge is -2.25. The molecule has 0 aliphatic carbocycles. The monoisotopic (exact) mass is 539 g/mol. The van der Waals surface area contributed by atoms with E-state index in [2.05, 4.69) is 19.8 Å². The topological polar surface area (TPSA) is 80.8 Å². The molecule has 2 heterocycles. The van der Waals surface area contributed by atoms with Crippen molar-refractivity contribution in [1.29, 1.82) is 0 Å². The van der Waals surface area contributed by atoms with Crippen LogP contribution >= 0.6 is 0 Å². The Labute approximate surface area is 212 Å². The second-order valence-electron chi connectivity index (χ2n) is 8.24. The second-order valence-corrected chi connectivity index (χ2v) is 8.24. The first-order valence-corrected chi connectivity index (χ1v) is 11.1. The van der Waals surface area contributed by atoms with Crippen molar-refractivity contribution in [3.8, 4) is 11.6 Å². The van der Waals surface area contributed by atoms with Gasteiger partial charge in [0.05, 0.1) is 0 Å². The Morgan fingerprint density at radius 3 is 2.26 bits per heavy atom. The number of alkyl halides is 6. The summed E-state index contributed by atoms with van der Waals surface area (Å²) in [5, 5.41) is 2.69. The van der Waals surface area contributed by atoms with E-state index in [1.807, 2.05) is 0 Å². The van der Waals surface area contributed by atoms with Gasteiger partial charge < -0.3 is 19.7 Å². The van der Waals surface area contributed by atoms with E-state index in [1.54, 1.807) is 24.3 Å². The molecule has 0 saturated heterocycles. The minimum atomic E-state index is -4.83. The molecule has 2 aromatic carbocycles. The zero-order valence-electron chi connectivity index (χ0n) is 19.3. The van der Waals surface area contributed by atoms with Gasteiger partial charge >= 0.3 is 12.5 Å². The molecule has 1 aliphatic rings. The molecule has 0 spiro atoms. The zero-order valence-corrected chi connectivity index (χ0v) is 19.3. The summed E-state index contributed by atoms with van der Waals surface area (Å²) >= 11 is 0. The highest BCUT2D eigenvalue weighted by molar-refractivity contribution is 6.04. The number of nitrogens with one attached hydrogen (secondary N) is 1. The van der Waals surface area contributed by atoms with Gasteiger partial charge in [-0.1, -0.05) is 36.4 Å². The maximum atomic E-state index is 13.2. The Bertz CT molecular complexity index is 1290. The summed E-state index contributed by atoms with van der Waals surface area (Å²) in [6, 6.07) is 13.1. The van der Waals surface area contributed by atoms with Crippen LogP contribution in [0.2, 0.25) is 0 Å². The smallest absolute Gasteiger partial charge is 0.468 e. The summed E-state index contributed by atoms with van der Waals surface area (Å²) in [7, 11) is 0. The number of hydrogen-bond donors (Lipinski definition) is 1. The molecule has 1 aromatic heterocycles. The molecule has 3 aromatic rings. The van der Waals surface area contributed by atoms with E-state index in [1.165, 1.54) is 35.4 Å². The fourth-order valence-electron chi connectivity index (χ4n) is 3.85. The molecule has 13 heteroatoms. The molecule has 1 aliphatic heterocycles. The van der Waals surface area contributed by atoms with Crippen LogP contribution in [0.3, 0.4) is 0 Å². The lowest BCUT2D eigenvalue weighted by molar-refractivity contribution is -0.274. The van der Waals surface area contributed by atoms with E-state index >= 15 is 0 Å². The minimum absolute atomic E-state index is 0.0291. The van der Waals surface area contributed by atoms with Crippen molar-refractivity contribution in [1.82, 2.24) is 15.2 Å². The Morgan fingerprint density at radius 2 is 1.63 bits per heavy atom. The van der Waals surface area contributed by atoms with Crippen molar-refractivity contribution in [2.24, 2.45) is 0 Å². The molecule has 0 fully saturated rings. The molecule has 38 heavy (non-hydrogen) atoms. The SMILES string of the molecule is O=C(NCc1ccc(OC(F)(F)F)cc1)C1c2ccccc2C(=O)N1Cc1ccc(OCC(F)(F)F)nc1. The van der Waals surface area contributed by atoms with Gasteiger partial charge in [-0.25, -0.2) is 4.98 Å². The highest BCUT2D eigenvalue weighted by Crippen LogP contribution is 2.35. The third-order valence-electron chi connectivity index (χ3n) is 5.46. The maximum absolute atomic E-state index is 13.2. The molecule has 0 saturated carbocycles. The number of amides is 2. The lowest BCUT2D eigenvalue weighted by Crippen LogP contribution is -2.38. The van der Waals surface area contributed by atoms with Crippen molar-refractivity contribution in [3.05, 3.63) is 89.1 Å². The summed E-state index contributed by atoms with van der Waals surface area (Å²) in [5.41, 5.74) is 1.72. The predicted molar refractivity (Wildman–Crippen MR) is 120 cm³/mol. The number of carbonyl (C=O) groups is 2. The van der Waals surface area contributed by atoms with Gasteiger partial charge in [-0.15, -0.1) is 13.2 Å². The summed E-state index contributed by atoms with van der Waals surface area (Å²) in [6.07, 6.45) is -8.09. The summed E-state index contributed by atoms with van der Waals surface area (Å²) in [6.45, 7) is -1.60. The van der Waals surface area contributed by atoms with Gasteiger partial charge in [-0.3, -0.25) is 9.59 Å². The standard InChI is InChI=1S/C25H19F6N3O4/c26-24(27,28)14-37-20-10-7-16(12-32-20)13-34-21(18-3-1-2-4-19(18)23(34)36)22(35)33-11-15-5-8-17(9-6-15)38-25(29,30)31/h1-10,12,21H,11,13-14H2,(H,33,35). The third-order valence-corrected chi connectivity index (χ3v) is 5.46. The van der Waals surface area contributed by atoms with E-state index in [0.29, 0.717) is 22.3 Å². The van der Waals surface area contributed by atoms with Crippen LogP contribution in [-0.4, -0.2) is 40.8 Å². The highest BCUT2D eigenvalue weighted by atomic mass is 19.4. The van der Waals surface area contributed by atoms with Crippen LogP contribution in [0.15, 0.2) is 66.9 Å². The van der Waals surface area contributed by atoms with E-state index in [9.17, 15) is 35.9 Å². The first-order valence-electron chi connectivity index (χ1n) is 11.1. The number of halogens is 6. The first-order chi connectivity index (χ1) is 17.9. The Hall–Kier alpha value is -4.29. The Morgan fingerprint density at radius 1 is 0.947 bits per heavy atom. The molecule has 0 radical (unpaired) electrons. The van der Waals surface area contributed by atoms with Crippen LogP contribution in [0.1, 0.15) is 33.1 Å². The van der Waals surface area contributed by atoms with Gasteiger partial charge in [0.25, 0.3) is 5.91 Å². The molecule has 2 amide bonds.